The number of ether oxygens (including phenoxy) is 2. The summed E-state index contributed by atoms with van der Waals surface area (Å²) in [5, 5.41) is 0. The van der Waals surface area contributed by atoms with Crippen LogP contribution in [0.5, 0.6) is 0 Å². The van der Waals surface area contributed by atoms with Crippen molar-refractivity contribution < 1.29 is 52.6 Å². The first-order valence-corrected chi connectivity index (χ1v) is 45.6. The number of Topliss-reactive ketones (excluding diaryl/α,β-unsaturated/α-hetero) is 3. The molecule has 3 rings (SSSR count). The summed E-state index contributed by atoms with van der Waals surface area (Å²) in [5.41, 5.74) is 3.26. The van der Waals surface area contributed by atoms with Crippen LogP contribution >= 0.6 is 0 Å². The normalized spacial score (nSPS) is 14.1. The molecule has 0 unspecified atom stereocenters. The van der Waals surface area contributed by atoms with Crippen LogP contribution in [-0.2, 0) is 52.6 Å². The summed E-state index contributed by atoms with van der Waals surface area (Å²) >= 11 is 0. The van der Waals surface area contributed by atoms with Gasteiger partial charge < -0.3 is 43.8 Å². The molecule has 0 spiro atoms. The van der Waals surface area contributed by atoms with Gasteiger partial charge in [-0.3, -0.25) is 33.6 Å². The highest BCUT2D eigenvalue weighted by molar-refractivity contribution is 5.97. The number of hydrogen-bond acceptors (Lipinski definition) is 15. The third kappa shape index (κ3) is 77.6. The zero-order valence-electron chi connectivity index (χ0n) is 88.2. The smallest absolute Gasteiger partial charge is 0.330 e. The fourth-order valence-electron chi connectivity index (χ4n) is 10.2. The number of amides is 3. The second-order valence-electron chi connectivity index (χ2n) is 45.4. The first-order chi connectivity index (χ1) is 56.0. The predicted molar refractivity (Wildman–Crippen MR) is 531 cm³/mol. The second kappa shape index (κ2) is 62.5. The zero-order chi connectivity index (χ0) is 98.5. The summed E-state index contributed by atoms with van der Waals surface area (Å²) in [5.74, 6) is 0.928. The van der Waals surface area contributed by atoms with E-state index in [1.54, 1.807) is 48.3 Å². The van der Waals surface area contributed by atoms with Crippen LogP contribution in [0.25, 0.3) is 0 Å². The highest BCUT2D eigenvalue weighted by atomic mass is 16.6. The number of carbonyl (C=O) groups excluding carboxylic acids is 9. The van der Waals surface area contributed by atoms with Gasteiger partial charge in [0.25, 0.3) is 0 Å². The van der Waals surface area contributed by atoms with Crippen molar-refractivity contribution in [1.82, 2.24) is 34.3 Å². The molecule has 0 saturated heterocycles. The third-order valence-electron chi connectivity index (χ3n) is 19.8. The van der Waals surface area contributed by atoms with Crippen LogP contribution in [-0.4, -0.2) is 221 Å². The summed E-state index contributed by atoms with van der Waals surface area (Å²) < 4.78 is 10.5. The van der Waals surface area contributed by atoms with Crippen molar-refractivity contribution >= 4 is 52.8 Å². The van der Waals surface area contributed by atoms with Gasteiger partial charge in [0, 0.05) is 132 Å². The van der Waals surface area contributed by atoms with Crippen LogP contribution in [0.1, 0.15) is 325 Å². The van der Waals surface area contributed by atoms with Crippen molar-refractivity contribution in [1.29, 1.82) is 0 Å². The topological polar surface area (TPSA) is 195 Å². The summed E-state index contributed by atoms with van der Waals surface area (Å²) in [6, 6.07) is 0. The summed E-state index contributed by atoms with van der Waals surface area (Å²) in [4.78, 5) is 117. The molecule has 3 aliphatic carbocycles. The molecule has 0 aromatic rings. The molecule has 124 heavy (non-hydrogen) atoms. The first kappa shape index (κ1) is 128. The molecule has 718 valence electrons. The van der Waals surface area contributed by atoms with E-state index in [0.29, 0.717) is 29.3 Å². The molecule has 18 nitrogen and oxygen atoms in total. The van der Waals surface area contributed by atoms with E-state index >= 15 is 0 Å². The number of ketones is 4. The Balaban J connectivity index is -0.000000317. The Bertz CT molecular complexity index is 3370. The Hall–Kier alpha value is -6.73. The van der Waals surface area contributed by atoms with E-state index in [1.807, 2.05) is 193 Å². The fourth-order valence-corrected chi connectivity index (χ4v) is 10.2. The Morgan fingerprint density at radius 1 is 0.363 bits per heavy atom. The minimum absolute atomic E-state index is 0.0513. The van der Waals surface area contributed by atoms with E-state index in [9.17, 15) is 43.2 Å². The summed E-state index contributed by atoms with van der Waals surface area (Å²) in [6.45, 7) is 82.3. The molecule has 0 N–H and O–H groups in total. The molecule has 18 heteroatoms. The van der Waals surface area contributed by atoms with Crippen molar-refractivity contribution in [2.45, 2.75) is 336 Å². The Morgan fingerprint density at radius 2 is 0.677 bits per heavy atom. The van der Waals surface area contributed by atoms with Gasteiger partial charge in [0.05, 0.1) is 0 Å². The standard InChI is InChI=1S/C14H26N2O.C13H26N2O.C13H22O.C12H24N2O.C12H20O.C11H20O2.C11H18O.C10H19NO.C10H18O2/c1-7-10-16(12-14(2,3)4)13(17)9-8-11-15(5)6;1-7-15(11-13(2,3)4)12(16)9-8-10-14(5)6;1-13(2,3)10-9-12(14)11-7-5-4-6-8-11;1-12(2,3)10-14(6)11(15)8-7-9-13(4)5;1-12(2,3)9-8-11(13)10-6-4-5-7-10;1-7-8-9(12)13-11(5,6)10(2,3)4;1-11(2,3)8-7-10(12)9-5-4-6-9;1-10(2,3)9(12)7-6-8-11(4)5;1-7-8(11)12-10(5,6)9(2,3)4/h7-9H,1,10-12H2,2-6H3;8-9H,7,10-11H2,1-6H3;7H,4-6,8-10H2,1-3H3;7-8H,9-10H2,1-6H3;6H,4-5,7-9H2,1-3H3;7-8H,1-6H3;5H,4,6-8H2,1-3H3;6-7H,8H2,1-5H3;7H,1H2,2-6H3/b2*9-8+;;8-7+;;8-7+;;7-6+;. The average molecular weight is 1740 g/mol. The monoisotopic (exact) mass is 1740 g/mol. The van der Waals surface area contributed by atoms with Gasteiger partial charge in [0.2, 0.25) is 17.7 Å². The van der Waals surface area contributed by atoms with Crippen molar-refractivity contribution in [2.24, 2.45) is 48.7 Å². The molecule has 0 aliphatic heterocycles. The van der Waals surface area contributed by atoms with Gasteiger partial charge >= 0.3 is 11.9 Å². The molecule has 0 aromatic carbocycles. The van der Waals surface area contributed by atoms with E-state index in [0.717, 1.165) is 146 Å². The third-order valence-corrected chi connectivity index (χ3v) is 19.8. The lowest BCUT2D eigenvalue weighted by atomic mass is 9.79. The lowest BCUT2D eigenvalue weighted by Crippen LogP contribution is -2.40. The van der Waals surface area contributed by atoms with Crippen LogP contribution in [0.4, 0.5) is 0 Å². The van der Waals surface area contributed by atoms with Crippen LogP contribution in [0.3, 0.4) is 0 Å². The van der Waals surface area contributed by atoms with Gasteiger partial charge in [0.15, 0.2) is 23.1 Å². The molecular formula is C106H193N7O11. The molecular weight excluding hydrogens is 1550 g/mol. The minimum Gasteiger partial charge on any atom is -0.456 e. The van der Waals surface area contributed by atoms with Gasteiger partial charge in [0.1, 0.15) is 11.2 Å². The molecule has 0 atom stereocenters. The highest BCUT2D eigenvalue weighted by Gasteiger charge is 2.37. The number of esters is 2. The van der Waals surface area contributed by atoms with E-state index in [4.69, 9.17) is 9.47 Å². The maximum atomic E-state index is 12.0. The number of likely N-dealkylation sites (N-methyl/N-ethyl adjacent to an activating group) is 6. The van der Waals surface area contributed by atoms with Gasteiger partial charge in [-0.2, -0.15) is 0 Å². The number of rotatable bonds is 31. The Labute approximate surface area is 763 Å². The van der Waals surface area contributed by atoms with E-state index < -0.39 is 11.2 Å². The molecule has 0 radical (unpaired) electrons. The van der Waals surface area contributed by atoms with E-state index in [2.05, 4.69) is 177 Å². The first-order valence-electron chi connectivity index (χ1n) is 45.6. The van der Waals surface area contributed by atoms with Crippen LogP contribution in [0, 0.1) is 48.7 Å². The Kier molecular flexibility index (Phi) is 64.5. The molecule has 0 fully saturated rings. The minimum atomic E-state index is -0.460. The van der Waals surface area contributed by atoms with Crippen molar-refractivity contribution in [2.75, 3.05) is 122 Å². The number of allylic oxidation sites excluding steroid dienone is 8. The van der Waals surface area contributed by atoms with Crippen LogP contribution in [0.2, 0.25) is 0 Å². The largest absolute Gasteiger partial charge is 0.456 e. The molecule has 0 saturated carbocycles. The average Bonchev–Trinajstić information content (AvgIpc) is 0.986. The van der Waals surface area contributed by atoms with Gasteiger partial charge in [-0.05, 0) is 230 Å². The van der Waals surface area contributed by atoms with Crippen molar-refractivity contribution in [3.63, 3.8) is 0 Å². The molecule has 3 amide bonds. The second-order valence-corrected chi connectivity index (χ2v) is 45.4. The number of nitrogens with zero attached hydrogens (tertiary/aromatic N) is 7. The number of carbonyl (C=O) groups is 9. The van der Waals surface area contributed by atoms with E-state index in [-0.39, 0.29) is 78.8 Å². The van der Waals surface area contributed by atoms with E-state index in [1.165, 1.54) is 31.4 Å². The lowest BCUT2D eigenvalue weighted by molar-refractivity contribution is -0.161. The van der Waals surface area contributed by atoms with Crippen molar-refractivity contribution in [3.05, 3.63) is 121 Å². The zero-order valence-corrected chi connectivity index (χ0v) is 88.2. The predicted octanol–water partition coefficient (Wildman–Crippen LogP) is 23.4. The quantitative estimate of drug-likeness (QED) is 0.0361. The molecule has 0 heterocycles. The SMILES string of the molecule is C/C=C/C(=O)OC(C)(C)C(C)(C)C.C=CC(=O)OC(C)(C)C(C)(C)C.C=CCN(CC(C)(C)C)C(=O)/C=C/CN(C)C.CC(C)(C)CCC(=O)C1=CCC1.CC(C)(C)CCC(=O)C1=CCCC1.CC(C)(C)CCC(=O)C1=CCCCC1.CCN(CC(C)(C)C)C(=O)/C=C/CN(C)C.CN(C)C/C=C/C(=O)C(C)(C)C.CN(C)C/C=C/C(=O)N(C)CC(C)(C)C. The molecule has 0 bridgehead atoms. The molecule has 0 aromatic heterocycles. The van der Waals surface area contributed by atoms with Gasteiger partial charge in [-0.15, -0.1) is 6.58 Å². The number of hydrogen-bond donors (Lipinski definition) is 0. The maximum absolute atomic E-state index is 12.0. The fraction of sp³-hybridized carbons (Fsp3) is 0.726. The van der Waals surface area contributed by atoms with Crippen LogP contribution < -0.4 is 0 Å². The Morgan fingerprint density at radius 3 is 0.944 bits per heavy atom. The molecule has 3 aliphatic rings. The summed E-state index contributed by atoms with van der Waals surface area (Å²) in [7, 11) is 17.7. The van der Waals surface area contributed by atoms with Crippen molar-refractivity contribution in [3.8, 4) is 0 Å². The van der Waals surface area contributed by atoms with Crippen LogP contribution in [0.15, 0.2) is 121 Å². The van der Waals surface area contributed by atoms with Gasteiger partial charge in [-0.1, -0.05) is 248 Å². The van der Waals surface area contributed by atoms with Gasteiger partial charge in [-0.25, -0.2) is 9.59 Å². The lowest BCUT2D eigenvalue weighted by Gasteiger charge is -2.37. The maximum Gasteiger partial charge on any atom is 0.330 e. The summed E-state index contributed by atoms with van der Waals surface area (Å²) in [6.07, 6.45) is 41.8. The highest BCUT2D eigenvalue weighted by Crippen LogP contribution is 2.35.